The molecular weight excluding hydrogens is 188 g/mol. The van der Waals surface area contributed by atoms with Gasteiger partial charge in [0.2, 0.25) is 0 Å². The molecule has 1 fully saturated rings. The van der Waals surface area contributed by atoms with E-state index in [2.05, 4.69) is 29.2 Å². The van der Waals surface area contributed by atoms with Crippen molar-refractivity contribution in [3.05, 3.63) is 5.69 Å². The summed E-state index contributed by atoms with van der Waals surface area (Å²) < 4.78 is 2.02. The summed E-state index contributed by atoms with van der Waals surface area (Å²) in [5.41, 5.74) is 2.35. The van der Waals surface area contributed by atoms with Crippen LogP contribution in [0.4, 0.5) is 11.5 Å². The first-order chi connectivity index (χ1) is 7.18. The highest BCUT2D eigenvalue weighted by Crippen LogP contribution is 2.39. The van der Waals surface area contributed by atoms with Crippen LogP contribution in [0.15, 0.2) is 0 Å². The van der Waals surface area contributed by atoms with Crippen LogP contribution in [0, 0.1) is 12.8 Å². The molecule has 0 aromatic carbocycles. The van der Waals surface area contributed by atoms with E-state index in [0.717, 1.165) is 18.2 Å². The van der Waals surface area contributed by atoms with Gasteiger partial charge in [0.15, 0.2) is 5.82 Å². The van der Waals surface area contributed by atoms with E-state index in [-0.39, 0.29) is 0 Å². The standard InChI is InChI=1S/C11H18N4/c1-7-4-5-15-9(7)6-12-10-8(2)13-14(3)11(10)15/h7,9,12H,4-6H2,1-3H3. The van der Waals surface area contributed by atoms with Crippen molar-refractivity contribution < 1.29 is 0 Å². The number of aryl methyl sites for hydroxylation is 2. The number of hydrogen-bond acceptors (Lipinski definition) is 3. The summed E-state index contributed by atoms with van der Waals surface area (Å²) in [6.07, 6.45) is 1.30. The van der Waals surface area contributed by atoms with Gasteiger partial charge in [-0.3, -0.25) is 4.68 Å². The lowest BCUT2D eigenvalue weighted by molar-refractivity contribution is 0.518. The van der Waals surface area contributed by atoms with Crippen molar-refractivity contribution in [2.24, 2.45) is 13.0 Å². The summed E-state index contributed by atoms with van der Waals surface area (Å²) in [4.78, 5) is 2.52. The summed E-state index contributed by atoms with van der Waals surface area (Å²) in [6.45, 7) is 6.67. The highest BCUT2D eigenvalue weighted by Gasteiger charge is 2.37. The predicted octanol–water partition coefficient (Wildman–Crippen LogP) is 1.37. The molecule has 0 aliphatic carbocycles. The minimum Gasteiger partial charge on any atom is -0.378 e. The van der Waals surface area contributed by atoms with Gasteiger partial charge < -0.3 is 10.2 Å². The average Bonchev–Trinajstić information content (AvgIpc) is 2.70. The van der Waals surface area contributed by atoms with Crippen LogP contribution in [0.2, 0.25) is 0 Å². The molecule has 3 heterocycles. The molecule has 1 N–H and O–H groups in total. The molecular formula is C11H18N4. The van der Waals surface area contributed by atoms with E-state index in [1.807, 2.05) is 11.7 Å². The molecule has 0 amide bonds. The van der Waals surface area contributed by atoms with Gasteiger partial charge in [0.05, 0.1) is 11.7 Å². The number of nitrogens with zero attached hydrogens (tertiary/aromatic N) is 3. The second-order valence-electron chi connectivity index (χ2n) is 4.82. The molecule has 0 spiro atoms. The molecule has 2 aliphatic heterocycles. The Bertz CT molecular complexity index is 396. The molecule has 2 atom stereocenters. The van der Waals surface area contributed by atoms with Crippen LogP contribution in [0.25, 0.3) is 0 Å². The highest BCUT2D eigenvalue weighted by molar-refractivity contribution is 5.72. The predicted molar refractivity (Wildman–Crippen MR) is 61.3 cm³/mol. The summed E-state index contributed by atoms with van der Waals surface area (Å²) in [6, 6.07) is 0.660. The Kier molecular flexibility index (Phi) is 1.75. The van der Waals surface area contributed by atoms with Crippen LogP contribution < -0.4 is 10.2 Å². The topological polar surface area (TPSA) is 33.1 Å². The first kappa shape index (κ1) is 9.07. The lowest BCUT2D eigenvalue weighted by atomic mass is 10.0. The molecule has 4 nitrogen and oxygen atoms in total. The van der Waals surface area contributed by atoms with E-state index in [1.54, 1.807) is 0 Å². The lowest BCUT2D eigenvalue weighted by Crippen LogP contribution is -2.42. The molecule has 15 heavy (non-hydrogen) atoms. The van der Waals surface area contributed by atoms with Crippen molar-refractivity contribution in [2.45, 2.75) is 26.3 Å². The third-order valence-electron chi connectivity index (χ3n) is 3.83. The van der Waals surface area contributed by atoms with Gasteiger partial charge in [-0.1, -0.05) is 6.92 Å². The van der Waals surface area contributed by atoms with E-state index < -0.39 is 0 Å². The number of nitrogens with one attached hydrogen (secondary N) is 1. The maximum absolute atomic E-state index is 4.49. The Labute approximate surface area is 90.3 Å². The molecule has 0 radical (unpaired) electrons. The fraction of sp³-hybridized carbons (Fsp3) is 0.727. The fourth-order valence-corrected chi connectivity index (χ4v) is 2.97. The van der Waals surface area contributed by atoms with Crippen molar-refractivity contribution in [3.8, 4) is 0 Å². The third kappa shape index (κ3) is 1.10. The molecule has 2 unspecified atom stereocenters. The third-order valence-corrected chi connectivity index (χ3v) is 3.83. The molecule has 82 valence electrons. The van der Waals surface area contributed by atoms with Gasteiger partial charge in [-0.25, -0.2) is 0 Å². The average molecular weight is 206 g/mol. The highest BCUT2D eigenvalue weighted by atomic mass is 15.4. The zero-order valence-electron chi connectivity index (χ0n) is 9.62. The second kappa shape index (κ2) is 2.90. The van der Waals surface area contributed by atoms with Gasteiger partial charge in [-0.05, 0) is 19.3 Å². The van der Waals surface area contributed by atoms with E-state index in [1.165, 1.54) is 24.5 Å². The molecule has 0 bridgehead atoms. The van der Waals surface area contributed by atoms with Gasteiger partial charge >= 0.3 is 0 Å². The number of hydrogen-bond donors (Lipinski definition) is 1. The van der Waals surface area contributed by atoms with Gasteiger partial charge in [-0.15, -0.1) is 0 Å². The molecule has 2 aliphatic rings. The molecule has 1 aromatic heterocycles. The van der Waals surface area contributed by atoms with Crippen LogP contribution in [0.3, 0.4) is 0 Å². The first-order valence-electron chi connectivity index (χ1n) is 5.72. The second-order valence-corrected chi connectivity index (χ2v) is 4.82. The van der Waals surface area contributed by atoms with Gasteiger partial charge in [0, 0.05) is 20.1 Å². The van der Waals surface area contributed by atoms with Crippen LogP contribution >= 0.6 is 0 Å². The monoisotopic (exact) mass is 206 g/mol. The lowest BCUT2D eigenvalue weighted by Gasteiger charge is -2.34. The van der Waals surface area contributed by atoms with Crippen molar-refractivity contribution in [2.75, 3.05) is 23.3 Å². The van der Waals surface area contributed by atoms with Crippen LogP contribution in [0.5, 0.6) is 0 Å². The van der Waals surface area contributed by atoms with E-state index in [9.17, 15) is 0 Å². The Morgan fingerprint density at radius 3 is 3.07 bits per heavy atom. The zero-order valence-corrected chi connectivity index (χ0v) is 9.62. The van der Waals surface area contributed by atoms with Crippen molar-refractivity contribution in [1.82, 2.24) is 9.78 Å². The number of aromatic nitrogens is 2. The van der Waals surface area contributed by atoms with Gasteiger partial charge in [-0.2, -0.15) is 5.10 Å². The number of fused-ring (bicyclic) bond motifs is 3. The maximum Gasteiger partial charge on any atom is 0.150 e. The summed E-state index contributed by atoms with van der Waals surface area (Å²) in [7, 11) is 2.04. The van der Waals surface area contributed by atoms with Crippen molar-refractivity contribution in [1.29, 1.82) is 0 Å². The Morgan fingerprint density at radius 2 is 2.27 bits per heavy atom. The van der Waals surface area contributed by atoms with Gasteiger partial charge in [0.25, 0.3) is 0 Å². The SMILES string of the molecule is Cc1nn(C)c2c1NCC1C(C)CCN21. The van der Waals surface area contributed by atoms with Crippen LogP contribution in [-0.2, 0) is 7.05 Å². The number of anilines is 2. The Morgan fingerprint density at radius 1 is 1.47 bits per heavy atom. The Balaban J connectivity index is 2.09. The minimum atomic E-state index is 0.660. The molecule has 4 heteroatoms. The fourth-order valence-electron chi connectivity index (χ4n) is 2.97. The zero-order chi connectivity index (χ0) is 10.6. The van der Waals surface area contributed by atoms with Crippen molar-refractivity contribution >= 4 is 11.5 Å². The summed E-state index contributed by atoms with van der Waals surface area (Å²) in [5.74, 6) is 2.08. The largest absolute Gasteiger partial charge is 0.378 e. The molecule has 1 aromatic rings. The van der Waals surface area contributed by atoms with Crippen LogP contribution in [0.1, 0.15) is 19.0 Å². The van der Waals surface area contributed by atoms with Crippen molar-refractivity contribution in [3.63, 3.8) is 0 Å². The van der Waals surface area contributed by atoms with E-state index in [4.69, 9.17) is 0 Å². The summed E-state index contributed by atoms with van der Waals surface area (Å²) in [5, 5.41) is 8.02. The van der Waals surface area contributed by atoms with Crippen LogP contribution in [-0.4, -0.2) is 28.9 Å². The molecule has 1 saturated heterocycles. The quantitative estimate of drug-likeness (QED) is 0.696. The normalized spacial score (nSPS) is 28.6. The first-order valence-corrected chi connectivity index (χ1v) is 5.72. The Hall–Kier alpha value is -1.19. The van der Waals surface area contributed by atoms with E-state index in [0.29, 0.717) is 6.04 Å². The minimum absolute atomic E-state index is 0.660. The maximum atomic E-state index is 4.49. The smallest absolute Gasteiger partial charge is 0.150 e. The molecule has 3 rings (SSSR count). The number of rotatable bonds is 0. The van der Waals surface area contributed by atoms with E-state index >= 15 is 0 Å². The summed E-state index contributed by atoms with van der Waals surface area (Å²) >= 11 is 0. The van der Waals surface area contributed by atoms with Gasteiger partial charge in [0.1, 0.15) is 5.69 Å². The molecule has 0 saturated carbocycles.